The van der Waals surface area contributed by atoms with Crippen LogP contribution in [0.3, 0.4) is 0 Å². The Morgan fingerprint density at radius 1 is 1.08 bits per heavy atom. The fourth-order valence-electron chi connectivity index (χ4n) is 2.81. The van der Waals surface area contributed by atoms with Gasteiger partial charge in [-0.3, -0.25) is 10.2 Å². The van der Waals surface area contributed by atoms with Gasteiger partial charge in [0.2, 0.25) is 5.78 Å². The second kappa shape index (κ2) is 7.77. The number of benzene rings is 2. The molecule has 0 fully saturated rings. The fourth-order valence-corrected chi connectivity index (χ4v) is 2.81. The number of carbonyl (C=O) groups excluding carboxylic acids is 1. The standard InChI is InChI=1S/C20H21N3O2/c1-2-23(13-14-24)17-10-8-16(9-11-17)21-22-20-18-6-4-3-5-15(18)7-12-19(20)25/h3-12,21,24H,2,13-14H2,1H3. The molecule has 0 radical (unpaired) electrons. The van der Waals surface area contributed by atoms with Gasteiger partial charge < -0.3 is 10.0 Å². The Bertz CT molecular complexity index is 810. The van der Waals surface area contributed by atoms with Crippen molar-refractivity contribution < 1.29 is 9.90 Å². The summed E-state index contributed by atoms with van der Waals surface area (Å²) in [7, 11) is 0. The normalized spacial score (nSPS) is 14.5. The van der Waals surface area contributed by atoms with Crippen LogP contribution >= 0.6 is 0 Å². The molecule has 0 saturated carbocycles. The first-order valence-corrected chi connectivity index (χ1v) is 8.34. The molecule has 128 valence electrons. The number of nitrogens with one attached hydrogen (secondary N) is 1. The summed E-state index contributed by atoms with van der Waals surface area (Å²) >= 11 is 0. The Kier molecular flexibility index (Phi) is 5.26. The number of rotatable bonds is 6. The minimum absolute atomic E-state index is 0.108. The lowest BCUT2D eigenvalue weighted by Gasteiger charge is -2.22. The number of hydrogen-bond donors (Lipinski definition) is 2. The van der Waals surface area contributed by atoms with Crippen LogP contribution in [0.25, 0.3) is 6.08 Å². The Morgan fingerprint density at radius 2 is 1.84 bits per heavy atom. The Labute approximate surface area is 147 Å². The summed E-state index contributed by atoms with van der Waals surface area (Å²) in [5, 5.41) is 13.4. The van der Waals surface area contributed by atoms with Gasteiger partial charge in [-0.2, -0.15) is 5.10 Å². The molecule has 3 rings (SSSR count). The van der Waals surface area contributed by atoms with E-state index in [4.69, 9.17) is 5.11 Å². The first-order chi connectivity index (χ1) is 12.2. The van der Waals surface area contributed by atoms with Crippen molar-refractivity contribution in [2.24, 2.45) is 5.10 Å². The molecule has 0 aromatic heterocycles. The van der Waals surface area contributed by atoms with Gasteiger partial charge in [0.05, 0.1) is 12.3 Å². The van der Waals surface area contributed by atoms with Crippen LogP contribution < -0.4 is 10.3 Å². The zero-order valence-electron chi connectivity index (χ0n) is 14.1. The van der Waals surface area contributed by atoms with Gasteiger partial charge in [-0.15, -0.1) is 0 Å². The summed E-state index contributed by atoms with van der Waals surface area (Å²) in [4.78, 5) is 14.2. The van der Waals surface area contributed by atoms with Gasteiger partial charge >= 0.3 is 0 Å². The van der Waals surface area contributed by atoms with Crippen LogP contribution in [0, 0.1) is 0 Å². The van der Waals surface area contributed by atoms with Crippen molar-refractivity contribution in [2.75, 3.05) is 30.0 Å². The summed E-state index contributed by atoms with van der Waals surface area (Å²) in [5.41, 5.74) is 7.04. The highest BCUT2D eigenvalue weighted by atomic mass is 16.3. The third kappa shape index (κ3) is 3.78. The second-order valence-corrected chi connectivity index (χ2v) is 5.71. The molecule has 0 heterocycles. The maximum absolute atomic E-state index is 12.1. The van der Waals surface area contributed by atoms with Crippen molar-refractivity contribution >= 4 is 28.9 Å². The van der Waals surface area contributed by atoms with Gasteiger partial charge in [0, 0.05) is 24.3 Å². The van der Waals surface area contributed by atoms with Gasteiger partial charge in [0.1, 0.15) is 5.71 Å². The van der Waals surface area contributed by atoms with E-state index in [0.717, 1.165) is 29.0 Å². The van der Waals surface area contributed by atoms with Crippen LogP contribution in [0.15, 0.2) is 59.7 Å². The van der Waals surface area contributed by atoms with Gasteiger partial charge in [-0.05, 0) is 42.8 Å². The summed E-state index contributed by atoms with van der Waals surface area (Å²) in [6.07, 6.45) is 3.35. The summed E-state index contributed by atoms with van der Waals surface area (Å²) < 4.78 is 0. The van der Waals surface area contributed by atoms with E-state index in [-0.39, 0.29) is 12.4 Å². The van der Waals surface area contributed by atoms with E-state index in [9.17, 15) is 4.79 Å². The van der Waals surface area contributed by atoms with Crippen LogP contribution in [-0.4, -0.2) is 36.3 Å². The molecule has 2 aromatic rings. The number of aliphatic hydroxyl groups is 1. The molecule has 0 amide bonds. The topological polar surface area (TPSA) is 64.9 Å². The molecule has 2 N–H and O–H groups in total. The average Bonchev–Trinajstić information content (AvgIpc) is 2.66. The number of nitrogens with zero attached hydrogens (tertiary/aromatic N) is 2. The number of anilines is 2. The molecule has 0 bridgehead atoms. The average molecular weight is 335 g/mol. The molecule has 1 aliphatic rings. The van der Waals surface area contributed by atoms with Gasteiger partial charge in [-0.1, -0.05) is 30.3 Å². The van der Waals surface area contributed by atoms with E-state index in [1.54, 1.807) is 6.08 Å². The van der Waals surface area contributed by atoms with E-state index in [2.05, 4.69) is 15.4 Å². The number of carbonyl (C=O) groups is 1. The fraction of sp³-hybridized carbons (Fsp3) is 0.200. The zero-order chi connectivity index (χ0) is 17.6. The molecule has 5 nitrogen and oxygen atoms in total. The van der Waals surface area contributed by atoms with Crippen LogP contribution in [-0.2, 0) is 4.79 Å². The zero-order valence-corrected chi connectivity index (χ0v) is 14.1. The van der Waals surface area contributed by atoms with E-state index >= 15 is 0 Å². The molecule has 5 heteroatoms. The number of hydrazone groups is 1. The predicted octanol–water partition coefficient (Wildman–Crippen LogP) is 2.92. The first kappa shape index (κ1) is 16.9. The third-order valence-corrected chi connectivity index (χ3v) is 4.14. The van der Waals surface area contributed by atoms with Crippen LogP contribution in [0.2, 0.25) is 0 Å². The maximum atomic E-state index is 12.1. The Morgan fingerprint density at radius 3 is 2.56 bits per heavy atom. The molecule has 0 saturated heterocycles. The molecule has 0 atom stereocenters. The van der Waals surface area contributed by atoms with Crippen LogP contribution in [0.4, 0.5) is 11.4 Å². The van der Waals surface area contributed by atoms with Crippen LogP contribution in [0.5, 0.6) is 0 Å². The van der Waals surface area contributed by atoms with Crippen molar-refractivity contribution in [1.82, 2.24) is 0 Å². The number of likely N-dealkylation sites (N-methyl/N-ethyl adjacent to an activating group) is 1. The molecule has 0 aliphatic heterocycles. The Hall–Kier alpha value is -2.92. The molecule has 1 aliphatic carbocycles. The molecular weight excluding hydrogens is 314 g/mol. The highest BCUT2D eigenvalue weighted by Gasteiger charge is 2.18. The van der Waals surface area contributed by atoms with Crippen molar-refractivity contribution in [3.05, 3.63) is 65.7 Å². The van der Waals surface area contributed by atoms with Crippen LogP contribution in [0.1, 0.15) is 18.1 Å². The minimum Gasteiger partial charge on any atom is -0.395 e. The maximum Gasteiger partial charge on any atom is 0.206 e. The van der Waals surface area contributed by atoms with Gasteiger partial charge in [-0.25, -0.2) is 0 Å². The summed E-state index contributed by atoms with van der Waals surface area (Å²) in [5.74, 6) is -0.108. The number of fused-ring (bicyclic) bond motifs is 1. The van der Waals surface area contributed by atoms with E-state index < -0.39 is 0 Å². The molecule has 0 spiro atoms. The van der Waals surface area contributed by atoms with Gasteiger partial charge in [0.25, 0.3) is 0 Å². The quantitative estimate of drug-likeness (QED) is 0.797. The molecule has 0 unspecified atom stereocenters. The highest BCUT2D eigenvalue weighted by Crippen LogP contribution is 2.20. The lowest BCUT2D eigenvalue weighted by Crippen LogP contribution is -2.25. The second-order valence-electron chi connectivity index (χ2n) is 5.71. The number of hydrogen-bond acceptors (Lipinski definition) is 5. The van der Waals surface area contributed by atoms with Crippen molar-refractivity contribution in [3.63, 3.8) is 0 Å². The SMILES string of the molecule is CCN(CCO)c1ccc(NN=C2C(=O)C=Cc3ccccc32)cc1. The highest BCUT2D eigenvalue weighted by molar-refractivity contribution is 6.52. The number of allylic oxidation sites excluding steroid dienone is 1. The molecular formula is C20H21N3O2. The largest absolute Gasteiger partial charge is 0.395 e. The van der Waals surface area contributed by atoms with E-state index in [1.165, 1.54) is 0 Å². The van der Waals surface area contributed by atoms with Crippen molar-refractivity contribution in [2.45, 2.75) is 6.92 Å². The first-order valence-electron chi connectivity index (χ1n) is 8.34. The lowest BCUT2D eigenvalue weighted by molar-refractivity contribution is -0.108. The van der Waals surface area contributed by atoms with E-state index in [0.29, 0.717) is 12.3 Å². The summed E-state index contributed by atoms with van der Waals surface area (Å²) in [6, 6.07) is 15.5. The van der Waals surface area contributed by atoms with E-state index in [1.807, 2.05) is 61.5 Å². The van der Waals surface area contributed by atoms with Crippen molar-refractivity contribution in [3.8, 4) is 0 Å². The molecule has 2 aromatic carbocycles. The number of aliphatic hydroxyl groups excluding tert-OH is 1. The molecule has 25 heavy (non-hydrogen) atoms. The van der Waals surface area contributed by atoms with Gasteiger partial charge in [0.15, 0.2) is 0 Å². The summed E-state index contributed by atoms with van der Waals surface area (Å²) in [6.45, 7) is 3.60. The lowest BCUT2D eigenvalue weighted by atomic mass is 9.95. The smallest absolute Gasteiger partial charge is 0.206 e. The monoisotopic (exact) mass is 335 g/mol. The number of ketones is 1. The minimum atomic E-state index is -0.108. The predicted molar refractivity (Wildman–Crippen MR) is 102 cm³/mol. The van der Waals surface area contributed by atoms with Crippen molar-refractivity contribution in [1.29, 1.82) is 0 Å². The Balaban J connectivity index is 1.78. The third-order valence-electron chi connectivity index (χ3n) is 4.14.